The molecule has 0 fully saturated rings. The summed E-state index contributed by atoms with van der Waals surface area (Å²) < 4.78 is 16.3. The van der Waals surface area contributed by atoms with Crippen molar-refractivity contribution in [2.75, 3.05) is 12.8 Å². The fourth-order valence-electron chi connectivity index (χ4n) is 0.677. The minimum atomic E-state index is -2.75. The molecule has 68 valence electrons. The van der Waals surface area contributed by atoms with Gasteiger partial charge in [-0.1, -0.05) is 20.3 Å². The van der Waals surface area contributed by atoms with Crippen LogP contribution < -0.4 is 0 Å². The van der Waals surface area contributed by atoms with E-state index < -0.39 is 6.72 Å². The zero-order chi connectivity index (χ0) is 8.74. The molecular weight excluding hydrogens is 183 g/mol. The molecule has 1 unspecified atom stereocenters. The number of hydrogen-bond acceptors (Lipinski definition) is 2. The molecule has 0 amide bonds. The second-order valence-electron chi connectivity index (χ2n) is 2.50. The van der Waals surface area contributed by atoms with E-state index in [1.807, 2.05) is 6.92 Å². The lowest BCUT2D eigenvalue weighted by Crippen LogP contribution is -1.91. The summed E-state index contributed by atoms with van der Waals surface area (Å²) in [6, 6.07) is 0. The van der Waals surface area contributed by atoms with E-state index in [1.54, 1.807) is 0 Å². The highest BCUT2D eigenvalue weighted by Gasteiger charge is 2.16. The van der Waals surface area contributed by atoms with Crippen LogP contribution in [-0.4, -0.2) is 12.8 Å². The molecule has 0 aromatic rings. The average molecular weight is 199 g/mol. The summed E-state index contributed by atoms with van der Waals surface area (Å²) >= 11 is 5.61. The fraction of sp³-hybridized carbons (Fsp3) is 1.00. The van der Waals surface area contributed by atoms with Gasteiger partial charge in [0, 0.05) is 6.16 Å². The van der Waals surface area contributed by atoms with Crippen molar-refractivity contribution in [1.82, 2.24) is 0 Å². The summed E-state index contributed by atoms with van der Waals surface area (Å²) in [5.41, 5.74) is 0. The standard InChI is InChI=1S/C7H16ClO2P/c1-3-5-6-10-11(8,9)7-4-2/h3-7H2,1-2H3. The molecule has 0 bridgehead atoms. The maximum atomic E-state index is 11.2. The zero-order valence-corrected chi connectivity index (χ0v) is 8.83. The number of unbranched alkanes of at least 4 members (excludes halogenated alkanes) is 1. The molecular formula is C7H16ClO2P. The second-order valence-corrected chi connectivity index (χ2v) is 5.93. The van der Waals surface area contributed by atoms with Gasteiger partial charge in [0.2, 0.25) is 0 Å². The summed E-state index contributed by atoms with van der Waals surface area (Å²) in [5, 5.41) is 0. The first-order chi connectivity index (χ1) is 5.12. The third-order valence-corrected chi connectivity index (χ3v) is 3.62. The summed E-state index contributed by atoms with van der Waals surface area (Å²) in [4.78, 5) is 0. The van der Waals surface area contributed by atoms with Crippen LogP contribution in [0.15, 0.2) is 0 Å². The molecule has 2 nitrogen and oxygen atoms in total. The molecule has 0 rings (SSSR count). The molecule has 0 aliphatic rings. The molecule has 0 radical (unpaired) electrons. The Bertz CT molecular complexity index is 138. The quantitative estimate of drug-likeness (QED) is 0.481. The predicted octanol–water partition coefficient (Wildman–Crippen LogP) is 3.65. The van der Waals surface area contributed by atoms with Crippen LogP contribution in [0.1, 0.15) is 33.1 Å². The summed E-state index contributed by atoms with van der Waals surface area (Å²) in [5.74, 6) is 0. The van der Waals surface area contributed by atoms with Gasteiger partial charge in [-0.15, -0.1) is 0 Å². The molecule has 0 spiro atoms. The molecule has 0 aliphatic heterocycles. The van der Waals surface area contributed by atoms with E-state index in [0.29, 0.717) is 12.8 Å². The molecule has 4 heteroatoms. The van der Waals surface area contributed by atoms with Crippen LogP contribution in [0.3, 0.4) is 0 Å². The van der Waals surface area contributed by atoms with E-state index in [1.165, 1.54) is 0 Å². The van der Waals surface area contributed by atoms with Crippen LogP contribution in [0, 0.1) is 0 Å². The van der Waals surface area contributed by atoms with E-state index in [2.05, 4.69) is 6.92 Å². The van der Waals surface area contributed by atoms with Crippen LogP contribution in [0.2, 0.25) is 0 Å². The van der Waals surface area contributed by atoms with Crippen molar-refractivity contribution in [3.8, 4) is 0 Å². The molecule has 0 N–H and O–H groups in total. The Morgan fingerprint density at radius 1 is 1.36 bits per heavy atom. The van der Waals surface area contributed by atoms with Crippen molar-refractivity contribution in [3.63, 3.8) is 0 Å². The lowest BCUT2D eigenvalue weighted by molar-refractivity contribution is 0.316. The summed E-state index contributed by atoms with van der Waals surface area (Å²) in [6.45, 7) is 1.78. The van der Waals surface area contributed by atoms with Crippen LogP contribution in [0.4, 0.5) is 0 Å². The highest BCUT2D eigenvalue weighted by Crippen LogP contribution is 2.52. The number of halogens is 1. The average Bonchev–Trinajstić information content (AvgIpc) is 1.87. The molecule has 0 saturated heterocycles. The Labute approximate surface area is 73.5 Å². The number of rotatable bonds is 6. The van der Waals surface area contributed by atoms with Gasteiger partial charge in [0.25, 0.3) is 6.72 Å². The van der Waals surface area contributed by atoms with Gasteiger partial charge in [-0.3, -0.25) is 4.57 Å². The zero-order valence-electron chi connectivity index (χ0n) is 7.18. The van der Waals surface area contributed by atoms with Crippen molar-refractivity contribution in [2.24, 2.45) is 0 Å². The maximum absolute atomic E-state index is 11.2. The Morgan fingerprint density at radius 2 is 2.00 bits per heavy atom. The third kappa shape index (κ3) is 6.86. The fourth-order valence-corrected chi connectivity index (χ4v) is 2.46. The molecule has 0 saturated carbocycles. The first-order valence-corrected chi connectivity index (χ1v) is 6.77. The van der Waals surface area contributed by atoms with Gasteiger partial charge in [0.15, 0.2) is 0 Å². The van der Waals surface area contributed by atoms with Gasteiger partial charge in [0.1, 0.15) is 0 Å². The lowest BCUT2D eigenvalue weighted by Gasteiger charge is -2.08. The van der Waals surface area contributed by atoms with Crippen molar-refractivity contribution < 1.29 is 9.09 Å². The molecule has 0 aliphatic carbocycles. The van der Waals surface area contributed by atoms with Gasteiger partial charge < -0.3 is 4.52 Å². The van der Waals surface area contributed by atoms with Crippen molar-refractivity contribution in [3.05, 3.63) is 0 Å². The van der Waals surface area contributed by atoms with Crippen molar-refractivity contribution >= 4 is 18.0 Å². The third-order valence-electron chi connectivity index (χ3n) is 1.27. The normalized spacial score (nSPS) is 16.3. The Kier molecular flexibility index (Phi) is 6.31. The van der Waals surface area contributed by atoms with Gasteiger partial charge in [0.05, 0.1) is 6.61 Å². The lowest BCUT2D eigenvalue weighted by atomic mass is 10.4. The van der Waals surface area contributed by atoms with E-state index in [9.17, 15) is 4.57 Å². The molecule has 1 atom stereocenters. The smallest absolute Gasteiger partial charge is 0.290 e. The van der Waals surface area contributed by atoms with Crippen LogP contribution in [0.5, 0.6) is 0 Å². The number of hydrogen-bond donors (Lipinski definition) is 0. The Hall–Kier alpha value is 0.480. The van der Waals surface area contributed by atoms with Crippen LogP contribution in [0.25, 0.3) is 0 Å². The van der Waals surface area contributed by atoms with Crippen LogP contribution in [-0.2, 0) is 9.09 Å². The van der Waals surface area contributed by atoms with Gasteiger partial charge >= 0.3 is 0 Å². The van der Waals surface area contributed by atoms with E-state index >= 15 is 0 Å². The Balaban J connectivity index is 3.47. The minimum absolute atomic E-state index is 0.484. The molecule has 0 aromatic carbocycles. The minimum Gasteiger partial charge on any atom is -0.318 e. The van der Waals surface area contributed by atoms with Crippen molar-refractivity contribution in [1.29, 1.82) is 0 Å². The van der Waals surface area contributed by atoms with E-state index in [0.717, 1.165) is 19.3 Å². The largest absolute Gasteiger partial charge is 0.318 e. The molecule has 0 aromatic heterocycles. The molecule has 0 heterocycles. The summed E-state index contributed by atoms with van der Waals surface area (Å²) in [6.07, 6.45) is 3.27. The van der Waals surface area contributed by atoms with Crippen LogP contribution >= 0.6 is 18.0 Å². The predicted molar refractivity (Wildman–Crippen MR) is 49.5 cm³/mol. The monoisotopic (exact) mass is 198 g/mol. The molecule has 11 heavy (non-hydrogen) atoms. The first-order valence-electron chi connectivity index (χ1n) is 4.05. The summed E-state index contributed by atoms with van der Waals surface area (Å²) in [7, 11) is 0. The van der Waals surface area contributed by atoms with Crippen molar-refractivity contribution in [2.45, 2.75) is 33.1 Å². The highest BCUT2D eigenvalue weighted by molar-refractivity contribution is 7.85. The van der Waals surface area contributed by atoms with Gasteiger partial charge in [-0.25, -0.2) is 0 Å². The second kappa shape index (κ2) is 6.05. The van der Waals surface area contributed by atoms with Gasteiger partial charge in [-0.2, -0.15) is 0 Å². The van der Waals surface area contributed by atoms with E-state index in [-0.39, 0.29) is 0 Å². The maximum Gasteiger partial charge on any atom is 0.290 e. The van der Waals surface area contributed by atoms with Gasteiger partial charge in [-0.05, 0) is 24.1 Å². The first kappa shape index (κ1) is 11.5. The van der Waals surface area contributed by atoms with E-state index in [4.69, 9.17) is 15.8 Å². The Morgan fingerprint density at radius 3 is 2.45 bits per heavy atom. The topological polar surface area (TPSA) is 26.3 Å². The SMILES string of the molecule is CCCCOP(=O)(Cl)CCC. The highest BCUT2D eigenvalue weighted by atomic mass is 35.7.